The van der Waals surface area contributed by atoms with E-state index in [4.69, 9.17) is 13.3 Å². The Morgan fingerprint density at radius 3 is 1.00 bits per heavy atom. The summed E-state index contributed by atoms with van der Waals surface area (Å²) >= 11 is 5.18. The molecule has 10 heterocycles. The molecule has 0 spiro atoms. The van der Waals surface area contributed by atoms with E-state index < -0.39 is 0 Å². The van der Waals surface area contributed by atoms with Gasteiger partial charge in [0.25, 0.3) is 0 Å². The van der Waals surface area contributed by atoms with Crippen molar-refractivity contribution < 1.29 is 13.3 Å². The number of hydrogen-bond donors (Lipinski definition) is 0. The van der Waals surface area contributed by atoms with Crippen LogP contribution in [0.5, 0.6) is 0 Å². The number of hydrogen-bond acceptors (Lipinski definition) is 6. The Bertz CT molecular complexity index is 9200. The van der Waals surface area contributed by atoms with Crippen LogP contribution in [0.1, 0.15) is 0 Å². The number of rotatable bonds is 6. The molecule has 0 amide bonds. The van der Waals surface area contributed by atoms with Gasteiger partial charge in [0.05, 0.1) is 44.1 Å². The molecule has 124 heavy (non-hydrogen) atoms. The minimum Gasteiger partial charge on any atom is -0.445 e. The molecular formula is C114H66N4O3S3. The van der Waals surface area contributed by atoms with Gasteiger partial charge in [-0.2, -0.15) is 0 Å². The topological polar surface area (TPSA) is 59.1 Å². The van der Waals surface area contributed by atoms with E-state index in [0.717, 1.165) is 65.0 Å². The van der Waals surface area contributed by atoms with Crippen LogP contribution in [0.4, 0.5) is 0 Å². The zero-order valence-electron chi connectivity index (χ0n) is 66.3. The molecule has 29 rings (SSSR count). The molecule has 0 saturated heterocycles. The summed E-state index contributed by atoms with van der Waals surface area (Å²) in [6.07, 6.45) is 0. The van der Waals surface area contributed by atoms with E-state index in [2.05, 4.69) is 413 Å². The van der Waals surface area contributed by atoms with Gasteiger partial charge >= 0.3 is 0 Å². The van der Waals surface area contributed by atoms with Crippen LogP contribution in [-0.2, 0) is 0 Å². The molecule has 19 aromatic carbocycles. The number of para-hydroxylation sites is 9. The van der Waals surface area contributed by atoms with Crippen LogP contribution in [0.2, 0.25) is 0 Å². The Morgan fingerprint density at radius 1 is 0.169 bits per heavy atom. The molecule has 29 aromatic rings. The summed E-state index contributed by atoms with van der Waals surface area (Å²) in [4.78, 5) is 2.95. The fourth-order valence-corrected chi connectivity index (χ4v) is 23.6. The molecule has 0 aliphatic heterocycles. The Morgan fingerprint density at radius 2 is 0.492 bits per heavy atom. The molecule has 0 radical (unpaired) electrons. The fourth-order valence-electron chi connectivity index (χ4n) is 20.4. The summed E-state index contributed by atoms with van der Waals surface area (Å²) in [7, 11) is 0. The highest BCUT2D eigenvalue weighted by Gasteiger charge is 2.25. The third-order valence-electron chi connectivity index (χ3n) is 25.8. The van der Waals surface area contributed by atoms with E-state index >= 15 is 0 Å². The average molecular weight is 1640 g/mol. The highest BCUT2D eigenvalue weighted by atomic mass is 32.1. The third-order valence-corrected chi connectivity index (χ3v) is 28.9. The maximum Gasteiger partial charge on any atom is 0.190 e. The first-order valence-electron chi connectivity index (χ1n) is 42.0. The average Bonchev–Trinajstić information content (AvgIpc) is 1.68. The Labute approximate surface area is 719 Å². The first-order valence-corrected chi connectivity index (χ1v) is 44.4. The molecule has 0 N–H and O–H groups in total. The van der Waals surface area contributed by atoms with E-state index in [0.29, 0.717) is 0 Å². The lowest BCUT2D eigenvalue weighted by Crippen LogP contribution is -1.95. The van der Waals surface area contributed by atoms with E-state index in [9.17, 15) is 0 Å². The largest absolute Gasteiger partial charge is 0.445 e. The molecule has 0 bridgehead atoms. The first-order chi connectivity index (χ1) is 61.5. The van der Waals surface area contributed by atoms with Gasteiger partial charge in [-0.25, -0.2) is 0 Å². The maximum atomic E-state index is 6.53. The fraction of sp³-hybridized carbons (Fsp3) is 0. The summed E-state index contributed by atoms with van der Waals surface area (Å²) in [5.41, 5.74) is 21.9. The van der Waals surface area contributed by atoms with Crippen molar-refractivity contribution in [3.8, 4) is 45.0 Å². The van der Waals surface area contributed by atoms with Crippen molar-refractivity contribution in [2.45, 2.75) is 0 Å². The molecule has 0 unspecified atom stereocenters. The van der Waals surface area contributed by atoms with Crippen molar-refractivity contribution in [2.24, 2.45) is 0 Å². The molecular weight excluding hydrogens is 1570 g/mol. The van der Waals surface area contributed by atoms with Gasteiger partial charge in [-0.3, -0.25) is 0 Å². The van der Waals surface area contributed by atoms with Crippen molar-refractivity contribution in [3.63, 3.8) is 0 Å². The summed E-state index contributed by atoms with van der Waals surface area (Å²) in [5, 5.41) is 28.8. The van der Waals surface area contributed by atoms with Gasteiger partial charge in [0.1, 0.15) is 16.7 Å². The van der Waals surface area contributed by atoms with Crippen molar-refractivity contribution in [1.82, 2.24) is 18.3 Å². The standard InChI is InChI=1S/2C38H22N2OS.C38H22OS/c1-5-13-31-25(9-1)26-10-2-6-14-32(26)39(31)23-17-19-34-29(21-23)27-11-3-7-15-33(27)40(34)24-18-20-36-30(22-24)37-28-12-4-8-16-35(28)41-38(37)42-36;1-5-13-31-25(9-1)26-10-2-6-14-32(26)39(31)23-17-19-35-29(21-23)37-30-22-24(18-20-36(30)42-38(37)41-35)40-33-15-7-3-11-27(33)28-12-4-8-16-34(28)40;1-2-13-29-27(11-1)28-12-3-4-14-30(28)34-22-24(19-20-31(29)34)23-9-7-10-25(21-23)26-16-8-17-33-36-32-15-5-6-18-35(32)40-38(36)39-37(26)33/h2*1-22H;1-22H. The SMILES string of the molecule is c1cc(-c2ccc3c4ccccc4c4ccccc4c3c2)cc(-c2cccc3c2oc2sc4ccccc4c23)c1.c1ccc2c(c1)c1ccccc1n2-c1ccc2oc3sc4ccc(-n5c6ccccc6c6ccccc65)cc4c3c2c1.c1ccc2c(c1)oc1sc3ccc(-n4c5ccccc5c5cc(-n6c7ccccc7c7ccccc76)ccc54)cc3c12. The molecule has 10 heteroatoms. The zero-order chi connectivity index (χ0) is 80.9. The predicted octanol–water partition coefficient (Wildman–Crippen LogP) is 33.6. The maximum absolute atomic E-state index is 6.53. The molecule has 0 aliphatic rings. The number of fused-ring (bicyclic) bond motifs is 33. The van der Waals surface area contributed by atoms with Crippen molar-refractivity contribution >= 4 is 248 Å². The molecule has 7 nitrogen and oxygen atoms in total. The minimum absolute atomic E-state index is 0.921. The van der Waals surface area contributed by atoms with E-state index in [1.54, 1.807) is 34.0 Å². The smallest absolute Gasteiger partial charge is 0.190 e. The molecule has 0 fully saturated rings. The van der Waals surface area contributed by atoms with Gasteiger partial charge in [-0.1, -0.05) is 295 Å². The van der Waals surface area contributed by atoms with Crippen molar-refractivity contribution in [1.29, 1.82) is 0 Å². The Hall–Kier alpha value is -15.6. The lowest BCUT2D eigenvalue weighted by atomic mass is 9.91. The van der Waals surface area contributed by atoms with Crippen LogP contribution in [0.25, 0.3) is 259 Å². The van der Waals surface area contributed by atoms with E-state index in [-0.39, 0.29) is 0 Å². The Balaban J connectivity index is 0.0000000972. The second-order valence-electron chi connectivity index (χ2n) is 32.4. The molecule has 0 atom stereocenters. The van der Waals surface area contributed by atoms with Gasteiger partial charge in [0.2, 0.25) is 0 Å². The van der Waals surface area contributed by atoms with Gasteiger partial charge in [0.15, 0.2) is 14.7 Å². The normalized spacial score (nSPS) is 12.2. The van der Waals surface area contributed by atoms with Crippen molar-refractivity contribution in [3.05, 3.63) is 400 Å². The second-order valence-corrected chi connectivity index (χ2v) is 35.5. The number of thiophene rings is 3. The first kappa shape index (κ1) is 69.3. The van der Waals surface area contributed by atoms with Crippen LogP contribution >= 0.6 is 34.0 Å². The Kier molecular flexibility index (Phi) is 15.1. The molecule has 578 valence electrons. The quantitative estimate of drug-likeness (QED) is 0.156. The van der Waals surface area contributed by atoms with Gasteiger partial charge in [-0.15, -0.1) is 0 Å². The molecule has 0 saturated carbocycles. The van der Waals surface area contributed by atoms with Gasteiger partial charge in [-0.05, 0) is 189 Å². The summed E-state index contributed by atoms with van der Waals surface area (Å²) in [5.74, 6) is 0. The van der Waals surface area contributed by atoms with Crippen LogP contribution in [0.3, 0.4) is 0 Å². The van der Waals surface area contributed by atoms with Crippen LogP contribution in [-0.4, -0.2) is 18.3 Å². The van der Waals surface area contributed by atoms with E-state index in [1.165, 1.54) is 194 Å². The molecule has 0 aliphatic carbocycles. The number of furan rings is 3. The van der Waals surface area contributed by atoms with Crippen LogP contribution in [0.15, 0.2) is 414 Å². The highest BCUT2D eigenvalue weighted by Crippen LogP contribution is 2.49. The lowest BCUT2D eigenvalue weighted by molar-refractivity contribution is 0.677. The minimum atomic E-state index is 0.921. The second kappa shape index (κ2) is 27.0. The monoisotopic (exact) mass is 1630 g/mol. The summed E-state index contributed by atoms with van der Waals surface area (Å²) < 4.78 is 32.5. The number of benzene rings is 19. The van der Waals surface area contributed by atoms with Gasteiger partial charge in [0, 0.05) is 134 Å². The third kappa shape index (κ3) is 10.3. The summed E-state index contributed by atoms with van der Waals surface area (Å²) in [6.45, 7) is 0. The predicted molar refractivity (Wildman–Crippen MR) is 528 cm³/mol. The van der Waals surface area contributed by atoms with E-state index in [1.807, 2.05) is 6.07 Å². The highest BCUT2D eigenvalue weighted by molar-refractivity contribution is 7.26. The van der Waals surface area contributed by atoms with Crippen molar-refractivity contribution in [2.75, 3.05) is 0 Å². The summed E-state index contributed by atoms with van der Waals surface area (Å²) in [6, 6.07) is 145. The zero-order valence-corrected chi connectivity index (χ0v) is 68.8. The number of nitrogens with zero attached hydrogens (tertiary/aromatic N) is 4. The number of aromatic nitrogens is 4. The van der Waals surface area contributed by atoms with Crippen LogP contribution in [0, 0.1) is 0 Å². The van der Waals surface area contributed by atoms with Crippen LogP contribution < -0.4 is 0 Å². The van der Waals surface area contributed by atoms with Gasteiger partial charge < -0.3 is 31.5 Å². The molecule has 10 aromatic heterocycles. The lowest BCUT2D eigenvalue weighted by Gasteiger charge is -2.12.